The molecule has 0 aromatic heterocycles. The van der Waals surface area contributed by atoms with Gasteiger partial charge >= 0.3 is 5.97 Å². The molecule has 2 aromatic rings. The first-order valence-electron chi connectivity index (χ1n) is 8.54. The number of carbonyl (C=O) groups is 2. The number of hydrogen-bond acceptors (Lipinski definition) is 4. The number of aliphatic carboxylic acids is 1. The van der Waals surface area contributed by atoms with Crippen molar-refractivity contribution in [3.63, 3.8) is 0 Å². The van der Waals surface area contributed by atoms with Crippen molar-refractivity contribution in [3.8, 4) is 0 Å². The predicted molar refractivity (Wildman–Crippen MR) is 102 cm³/mol. The van der Waals surface area contributed by atoms with Gasteiger partial charge in [0.1, 0.15) is 0 Å². The van der Waals surface area contributed by atoms with Gasteiger partial charge in [0.15, 0.2) is 15.9 Å². The second-order valence-electron chi connectivity index (χ2n) is 6.48. The standard InChI is InChI=1S/C20H23NO5S/c1-4-27(25,26)17-7-5-15(6-8-17)12-18(22)21-19(20(23)24)16-10-13(2)9-14(3)11-16/h5-11,19H,4,12H2,1-3H3,(H,21,22)(H,23,24). The molecule has 1 atom stereocenters. The minimum atomic E-state index is -3.30. The summed E-state index contributed by atoms with van der Waals surface area (Å²) in [7, 11) is -3.30. The summed E-state index contributed by atoms with van der Waals surface area (Å²) in [5, 5.41) is 12.0. The van der Waals surface area contributed by atoms with Gasteiger partial charge in [0.2, 0.25) is 5.91 Å². The van der Waals surface area contributed by atoms with E-state index in [0.29, 0.717) is 11.1 Å². The highest BCUT2D eigenvalue weighted by Crippen LogP contribution is 2.18. The summed E-state index contributed by atoms with van der Waals surface area (Å²) in [5.74, 6) is -1.59. The van der Waals surface area contributed by atoms with Crippen molar-refractivity contribution in [1.82, 2.24) is 5.32 Å². The monoisotopic (exact) mass is 389 g/mol. The van der Waals surface area contributed by atoms with Crippen molar-refractivity contribution < 1.29 is 23.1 Å². The Bertz CT molecular complexity index is 929. The minimum absolute atomic E-state index is 0.00301. The number of nitrogens with one attached hydrogen (secondary N) is 1. The summed E-state index contributed by atoms with van der Waals surface area (Å²) >= 11 is 0. The second kappa shape index (κ2) is 8.35. The second-order valence-corrected chi connectivity index (χ2v) is 8.76. The van der Waals surface area contributed by atoms with Crippen LogP contribution in [0.2, 0.25) is 0 Å². The number of rotatable bonds is 7. The highest BCUT2D eigenvalue weighted by atomic mass is 32.2. The molecule has 0 aliphatic heterocycles. The van der Waals surface area contributed by atoms with Gasteiger partial charge < -0.3 is 10.4 Å². The lowest BCUT2D eigenvalue weighted by molar-refractivity contribution is -0.141. The first kappa shape index (κ1) is 20.6. The number of benzene rings is 2. The van der Waals surface area contributed by atoms with Crippen LogP contribution in [0.3, 0.4) is 0 Å². The molecule has 1 unspecified atom stereocenters. The van der Waals surface area contributed by atoms with E-state index in [9.17, 15) is 23.1 Å². The molecular weight excluding hydrogens is 366 g/mol. The number of carboxylic acid groups (broad SMARTS) is 1. The molecule has 0 fully saturated rings. The molecule has 2 rings (SSSR count). The fraction of sp³-hybridized carbons (Fsp3) is 0.300. The molecule has 2 N–H and O–H groups in total. The van der Waals surface area contributed by atoms with Gasteiger partial charge in [-0.1, -0.05) is 48.4 Å². The van der Waals surface area contributed by atoms with Crippen LogP contribution in [-0.2, 0) is 25.8 Å². The van der Waals surface area contributed by atoms with Crippen molar-refractivity contribution in [2.45, 2.75) is 38.1 Å². The topological polar surface area (TPSA) is 101 Å². The molecule has 0 aliphatic rings. The van der Waals surface area contributed by atoms with Crippen LogP contribution in [0.4, 0.5) is 0 Å². The highest BCUT2D eigenvalue weighted by molar-refractivity contribution is 7.91. The van der Waals surface area contributed by atoms with Crippen molar-refractivity contribution in [2.75, 3.05) is 5.75 Å². The molecule has 144 valence electrons. The third-order valence-corrected chi connectivity index (χ3v) is 5.91. The summed E-state index contributed by atoms with van der Waals surface area (Å²) in [6.07, 6.45) is -0.0406. The zero-order valence-electron chi connectivity index (χ0n) is 15.5. The number of aryl methyl sites for hydroxylation is 2. The van der Waals surface area contributed by atoms with E-state index in [1.165, 1.54) is 12.1 Å². The molecule has 0 spiro atoms. The predicted octanol–water partition coefficient (Wildman–Crippen LogP) is 2.58. The summed E-state index contributed by atoms with van der Waals surface area (Å²) in [6.45, 7) is 5.29. The first-order chi connectivity index (χ1) is 12.6. The van der Waals surface area contributed by atoms with Crippen LogP contribution in [0.1, 0.15) is 35.2 Å². The Morgan fingerprint density at radius 1 is 1.04 bits per heavy atom. The number of hydrogen-bond donors (Lipinski definition) is 2. The van der Waals surface area contributed by atoms with Crippen molar-refractivity contribution >= 4 is 21.7 Å². The molecule has 0 bridgehead atoms. The molecule has 2 aromatic carbocycles. The molecular formula is C20H23NO5S. The first-order valence-corrected chi connectivity index (χ1v) is 10.2. The van der Waals surface area contributed by atoms with Crippen molar-refractivity contribution in [3.05, 3.63) is 64.7 Å². The van der Waals surface area contributed by atoms with E-state index in [0.717, 1.165) is 11.1 Å². The largest absolute Gasteiger partial charge is 0.479 e. The summed E-state index contributed by atoms with van der Waals surface area (Å²) in [4.78, 5) is 24.1. The highest BCUT2D eigenvalue weighted by Gasteiger charge is 2.22. The number of carbonyl (C=O) groups excluding carboxylic acids is 1. The smallest absolute Gasteiger partial charge is 0.330 e. The molecule has 27 heavy (non-hydrogen) atoms. The maximum atomic E-state index is 12.3. The van der Waals surface area contributed by atoms with Gasteiger partial charge in [-0.05, 0) is 37.1 Å². The van der Waals surface area contributed by atoms with Gasteiger partial charge in [-0.2, -0.15) is 0 Å². The fourth-order valence-corrected chi connectivity index (χ4v) is 3.73. The average molecular weight is 389 g/mol. The third kappa shape index (κ3) is 5.40. The fourth-order valence-electron chi connectivity index (χ4n) is 2.84. The van der Waals surface area contributed by atoms with Crippen LogP contribution in [0, 0.1) is 13.8 Å². The van der Waals surface area contributed by atoms with Gasteiger partial charge in [0.25, 0.3) is 0 Å². The number of amides is 1. The number of carboxylic acids is 1. The molecule has 1 amide bonds. The SMILES string of the molecule is CCS(=O)(=O)c1ccc(CC(=O)NC(C(=O)O)c2cc(C)cc(C)c2)cc1. The van der Waals surface area contributed by atoms with Gasteiger partial charge in [0.05, 0.1) is 17.1 Å². The zero-order valence-corrected chi connectivity index (χ0v) is 16.3. The maximum absolute atomic E-state index is 12.3. The van der Waals surface area contributed by atoms with Crippen LogP contribution in [-0.4, -0.2) is 31.2 Å². The van der Waals surface area contributed by atoms with Crippen LogP contribution in [0.25, 0.3) is 0 Å². The summed E-state index contributed by atoms with van der Waals surface area (Å²) in [5.41, 5.74) is 2.95. The van der Waals surface area contributed by atoms with E-state index in [1.807, 2.05) is 19.9 Å². The van der Waals surface area contributed by atoms with Crippen LogP contribution >= 0.6 is 0 Å². The Kier molecular flexibility index (Phi) is 6.38. The lowest BCUT2D eigenvalue weighted by atomic mass is 10.0. The van der Waals surface area contributed by atoms with Gasteiger partial charge in [0, 0.05) is 0 Å². The maximum Gasteiger partial charge on any atom is 0.330 e. The quantitative estimate of drug-likeness (QED) is 0.758. The number of sulfone groups is 1. The van der Waals surface area contributed by atoms with Crippen molar-refractivity contribution in [1.29, 1.82) is 0 Å². The Morgan fingerprint density at radius 3 is 2.07 bits per heavy atom. The van der Waals surface area contributed by atoms with Crippen LogP contribution < -0.4 is 5.32 Å². The van der Waals surface area contributed by atoms with E-state index >= 15 is 0 Å². The van der Waals surface area contributed by atoms with E-state index in [-0.39, 0.29) is 17.1 Å². The Balaban J connectivity index is 2.14. The Labute approximate surface area is 159 Å². The summed E-state index contributed by atoms with van der Waals surface area (Å²) in [6, 6.07) is 10.3. The molecule has 0 heterocycles. The van der Waals surface area contributed by atoms with E-state index < -0.39 is 27.8 Å². The van der Waals surface area contributed by atoms with Gasteiger partial charge in [-0.25, -0.2) is 13.2 Å². The molecule has 0 aliphatic carbocycles. The molecule has 0 saturated carbocycles. The van der Waals surface area contributed by atoms with E-state index in [1.54, 1.807) is 31.2 Å². The molecule has 0 saturated heterocycles. The Morgan fingerprint density at radius 2 is 1.59 bits per heavy atom. The lowest BCUT2D eigenvalue weighted by Gasteiger charge is -2.16. The molecule has 6 nitrogen and oxygen atoms in total. The molecule has 0 radical (unpaired) electrons. The lowest BCUT2D eigenvalue weighted by Crippen LogP contribution is -2.34. The van der Waals surface area contributed by atoms with Crippen molar-refractivity contribution in [2.24, 2.45) is 0 Å². The van der Waals surface area contributed by atoms with Gasteiger partial charge in [-0.15, -0.1) is 0 Å². The van der Waals surface area contributed by atoms with Crippen LogP contribution in [0.5, 0.6) is 0 Å². The van der Waals surface area contributed by atoms with E-state index in [2.05, 4.69) is 5.32 Å². The van der Waals surface area contributed by atoms with Gasteiger partial charge in [-0.3, -0.25) is 4.79 Å². The summed E-state index contributed by atoms with van der Waals surface area (Å²) < 4.78 is 23.6. The third-order valence-electron chi connectivity index (χ3n) is 4.16. The Hall–Kier alpha value is -2.67. The van der Waals surface area contributed by atoms with E-state index in [4.69, 9.17) is 0 Å². The van der Waals surface area contributed by atoms with Crippen LogP contribution in [0.15, 0.2) is 47.4 Å². The average Bonchev–Trinajstić information content (AvgIpc) is 2.59. The zero-order chi connectivity index (χ0) is 20.2. The molecule has 7 heteroatoms. The normalized spacial score (nSPS) is 12.4. The minimum Gasteiger partial charge on any atom is -0.479 e.